The van der Waals surface area contributed by atoms with Crippen molar-refractivity contribution in [2.45, 2.75) is 0 Å². The number of pyridine rings is 2. The molecule has 0 radical (unpaired) electrons. The average Bonchev–Trinajstić information content (AvgIpc) is 2.71. The Morgan fingerprint density at radius 1 is 0.400 bits per heavy atom. The second-order valence-electron chi connectivity index (χ2n) is 5.28. The van der Waals surface area contributed by atoms with Gasteiger partial charge in [0.25, 0.3) is 0 Å². The molecule has 2 heterocycles. The third kappa shape index (κ3) is 5.75. The molecule has 0 fully saturated rings. The van der Waals surface area contributed by atoms with Crippen LogP contribution in [0.4, 0.5) is 0 Å². The van der Waals surface area contributed by atoms with E-state index >= 15 is 0 Å². The predicted octanol–water partition coefficient (Wildman–Crippen LogP) is 4.33. The number of benzene rings is 2. The molecule has 2 nitrogen and oxygen atoms in total. The molecule has 0 aliphatic rings. The molecule has 4 rings (SSSR count). The summed E-state index contributed by atoms with van der Waals surface area (Å²) in [4.78, 5) is 6.37. The van der Waals surface area contributed by atoms with E-state index in [4.69, 9.17) is 0 Å². The molecular weight excluding hydrogens is 484 g/mol. The van der Waals surface area contributed by atoms with E-state index in [9.17, 15) is 0 Å². The maximum absolute atomic E-state index is 3.18. The van der Waals surface area contributed by atoms with Gasteiger partial charge in [0.2, 0.25) is 11.4 Å². The largest absolute Gasteiger partial charge is 3.00 e. The summed E-state index contributed by atoms with van der Waals surface area (Å²) < 4.78 is 0. The van der Waals surface area contributed by atoms with Crippen LogP contribution in [0, 0.1) is 0 Å². The molecule has 3 heteroatoms. The van der Waals surface area contributed by atoms with Gasteiger partial charge in [-0.3, -0.25) is 0 Å². The Hall–Kier alpha value is -2.61. The molecule has 0 aliphatic heterocycles. The van der Waals surface area contributed by atoms with Gasteiger partial charge in [0, 0.05) is 35.4 Å². The maximum Gasteiger partial charge on any atom is 3.00 e. The van der Waals surface area contributed by atoms with E-state index in [1.54, 1.807) is 0 Å². The fourth-order valence-electron chi connectivity index (χ4n) is 2.38. The van der Waals surface area contributed by atoms with Crippen LogP contribution in [0.15, 0.2) is 109 Å². The van der Waals surface area contributed by atoms with Gasteiger partial charge < -0.3 is 0 Å². The Bertz CT molecular complexity index is 686. The molecular formula is C22H20IrN2+5. The van der Waals surface area contributed by atoms with Crippen molar-refractivity contribution in [3.8, 4) is 22.5 Å². The Balaban J connectivity index is 0.000000173. The van der Waals surface area contributed by atoms with Crippen LogP contribution in [-0.4, -0.2) is 0 Å². The second kappa shape index (κ2) is 10.3. The molecule has 2 aromatic carbocycles. The van der Waals surface area contributed by atoms with E-state index in [1.807, 2.05) is 73.1 Å². The second-order valence-corrected chi connectivity index (χ2v) is 5.28. The molecule has 0 aliphatic carbocycles. The van der Waals surface area contributed by atoms with Crippen LogP contribution in [-0.2, 0) is 20.1 Å². The summed E-state index contributed by atoms with van der Waals surface area (Å²) in [7, 11) is 0. The Morgan fingerprint density at radius 2 is 0.760 bits per heavy atom. The molecule has 122 valence electrons. The molecule has 0 saturated carbocycles. The minimum atomic E-state index is 0. The van der Waals surface area contributed by atoms with Crippen molar-refractivity contribution >= 4 is 0 Å². The molecule has 0 unspecified atom stereocenters. The molecule has 4 aromatic rings. The van der Waals surface area contributed by atoms with Crippen LogP contribution < -0.4 is 9.97 Å². The first-order valence-corrected chi connectivity index (χ1v) is 7.98. The standard InChI is InChI=1S/2C11H9N.Ir/c2*1-2-6-10(7-3-1)11-8-4-5-9-12-11;/h2*1-9H;/q;;+3/p+2. The van der Waals surface area contributed by atoms with Gasteiger partial charge in [0.15, 0.2) is 12.4 Å². The SMILES string of the molecule is [Ir+3].c1ccc(-c2cccc[nH+]2)cc1.c1ccc(-c2cccc[nH+]2)cc1. The zero-order valence-electron chi connectivity index (χ0n) is 13.7. The fourth-order valence-corrected chi connectivity index (χ4v) is 2.38. The van der Waals surface area contributed by atoms with Gasteiger partial charge in [-0.15, -0.1) is 0 Å². The van der Waals surface area contributed by atoms with Crippen LogP contribution >= 0.6 is 0 Å². The van der Waals surface area contributed by atoms with Gasteiger partial charge in [0.1, 0.15) is 0 Å². The van der Waals surface area contributed by atoms with Gasteiger partial charge in [-0.1, -0.05) is 36.4 Å². The van der Waals surface area contributed by atoms with Crippen molar-refractivity contribution in [2.24, 2.45) is 0 Å². The topological polar surface area (TPSA) is 28.3 Å². The third-order valence-corrected chi connectivity index (χ3v) is 3.59. The van der Waals surface area contributed by atoms with Crippen molar-refractivity contribution in [1.82, 2.24) is 0 Å². The van der Waals surface area contributed by atoms with Gasteiger partial charge in [-0.05, 0) is 36.4 Å². The molecule has 0 spiro atoms. The number of rotatable bonds is 2. The quantitative estimate of drug-likeness (QED) is 0.389. The average molecular weight is 505 g/mol. The number of nitrogens with one attached hydrogen (secondary N) is 2. The number of hydrogen-bond acceptors (Lipinski definition) is 0. The molecule has 2 N–H and O–H groups in total. The normalized spacial score (nSPS) is 9.28. The van der Waals surface area contributed by atoms with Gasteiger partial charge in [-0.25, -0.2) is 9.97 Å². The smallest absolute Gasteiger partial charge is 0.211 e. The van der Waals surface area contributed by atoms with E-state index in [1.165, 1.54) is 11.1 Å². The van der Waals surface area contributed by atoms with E-state index in [-0.39, 0.29) is 20.1 Å². The Morgan fingerprint density at radius 3 is 1.08 bits per heavy atom. The van der Waals surface area contributed by atoms with Crippen LogP contribution in [0.3, 0.4) is 0 Å². The minimum Gasteiger partial charge on any atom is -0.211 e. The Labute approximate surface area is 162 Å². The van der Waals surface area contributed by atoms with E-state index in [2.05, 4.69) is 46.4 Å². The molecule has 25 heavy (non-hydrogen) atoms. The van der Waals surface area contributed by atoms with Crippen LogP contribution in [0.1, 0.15) is 0 Å². The molecule has 0 atom stereocenters. The fraction of sp³-hybridized carbons (Fsp3) is 0. The predicted molar refractivity (Wildman–Crippen MR) is 96.9 cm³/mol. The monoisotopic (exact) mass is 505 g/mol. The molecule has 0 amide bonds. The summed E-state index contributed by atoms with van der Waals surface area (Å²) in [5.41, 5.74) is 4.74. The summed E-state index contributed by atoms with van der Waals surface area (Å²) in [6, 6.07) is 32.7. The van der Waals surface area contributed by atoms with Crippen molar-refractivity contribution < 1.29 is 30.1 Å². The number of aromatic nitrogens is 2. The summed E-state index contributed by atoms with van der Waals surface area (Å²) in [6.07, 6.45) is 3.87. The summed E-state index contributed by atoms with van der Waals surface area (Å²) >= 11 is 0. The van der Waals surface area contributed by atoms with Crippen LogP contribution in [0.5, 0.6) is 0 Å². The maximum atomic E-state index is 3.18. The van der Waals surface area contributed by atoms with E-state index in [0.717, 1.165) is 11.4 Å². The summed E-state index contributed by atoms with van der Waals surface area (Å²) in [6.45, 7) is 0. The molecule has 0 saturated heterocycles. The van der Waals surface area contributed by atoms with E-state index < -0.39 is 0 Å². The van der Waals surface area contributed by atoms with Gasteiger partial charge in [0.05, 0.1) is 0 Å². The first-order chi connectivity index (χ1) is 11.9. The number of hydrogen-bond donors (Lipinski definition) is 0. The molecule has 2 aromatic heterocycles. The van der Waals surface area contributed by atoms with Crippen molar-refractivity contribution in [3.63, 3.8) is 0 Å². The first kappa shape index (κ1) is 18.7. The van der Waals surface area contributed by atoms with Crippen LogP contribution in [0.2, 0.25) is 0 Å². The minimum absolute atomic E-state index is 0. The van der Waals surface area contributed by atoms with E-state index in [0.29, 0.717) is 0 Å². The van der Waals surface area contributed by atoms with Crippen molar-refractivity contribution in [1.29, 1.82) is 0 Å². The molecule has 0 bridgehead atoms. The zero-order valence-corrected chi connectivity index (χ0v) is 16.1. The summed E-state index contributed by atoms with van der Waals surface area (Å²) in [5, 5.41) is 0. The zero-order chi connectivity index (χ0) is 16.5. The van der Waals surface area contributed by atoms with Crippen LogP contribution in [0.25, 0.3) is 22.5 Å². The van der Waals surface area contributed by atoms with Crippen molar-refractivity contribution in [2.75, 3.05) is 0 Å². The third-order valence-electron chi connectivity index (χ3n) is 3.59. The Kier molecular flexibility index (Phi) is 7.71. The van der Waals surface area contributed by atoms with Gasteiger partial charge >= 0.3 is 20.1 Å². The van der Waals surface area contributed by atoms with Gasteiger partial charge in [-0.2, -0.15) is 0 Å². The van der Waals surface area contributed by atoms with Crippen molar-refractivity contribution in [3.05, 3.63) is 109 Å². The number of aromatic amines is 2. The first-order valence-electron chi connectivity index (χ1n) is 7.98. The number of H-pyrrole nitrogens is 2. The summed E-state index contributed by atoms with van der Waals surface area (Å²) in [5.74, 6) is 0.